The molecule has 0 bridgehead atoms. The third-order valence-corrected chi connectivity index (χ3v) is 4.22. The number of benzene rings is 1. The van der Waals surface area contributed by atoms with E-state index in [2.05, 4.69) is 29.7 Å². The van der Waals surface area contributed by atoms with Gasteiger partial charge in [0, 0.05) is 18.8 Å². The molecule has 1 aromatic rings. The number of hydrogen-bond donors (Lipinski definition) is 2. The Hall–Kier alpha value is -1.51. The van der Waals surface area contributed by atoms with Gasteiger partial charge in [-0.3, -0.25) is 4.79 Å². The molecule has 3 rings (SSSR count). The van der Waals surface area contributed by atoms with Crippen molar-refractivity contribution in [3.05, 3.63) is 29.8 Å². The largest absolute Gasteiger partial charge is 0.385 e. The van der Waals surface area contributed by atoms with Gasteiger partial charge in [0.2, 0.25) is 5.91 Å². The molecule has 1 aromatic carbocycles. The zero-order valence-electron chi connectivity index (χ0n) is 10.8. The average molecular weight is 244 g/mol. The predicted octanol–water partition coefficient (Wildman–Crippen LogP) is 2.36. The SMILES string of the molecule is CC1CC1CNC(=O)C1CCNc2ccccc21. The van der Waals surface area contributed by atoms with E-state index in [9.17, 15) is 4.79 Å². The fraction of sp³-hybridized carbons (Fsp3) is 0.533. The maximum absolute atomic E-state index is 12.3. The van der Waals surface area contributed by atoms with Crippen LogP contribution in [0.3, 0.4) is 0 Å². The normalized spacial score (nSPS) is 29.1. The van der Waals surface area contributed by atoms with E-state index in [1.165, 1.54) is 6.42 Å². The lowest BCUT2D eigenvalue weighted by Gasteiger charge is -2.25. The van der Waals surface area contributed by atoms with Gasteiger partial charge in [-0.2, -0.15) is 0 Å². The molecule has 1 saturated carbocycles. The number of anilines is 1. The number of rotatable bonds is 3. The van der Waals surface area contributed by atoms with Crippen LogP contribution in [0.1, 0.15) is 31.2 Å². The van der Waals surface area contributed by atoms with Crippen molar-refractivity contribution in [2.75, 3.05) is 18.4 Å². The number of carbonyl (C=O) groups is 1. The summed E-state index contributed by atoms with van der Waals surface area (Å²) in [6.45, 7) is 3.98. The van der Waals surface area contributed by atoms with Crippen LogP contribution in [-0.2, 0) is 4.79 Å². The standard InChI is InChI=1S/C15H20N2O/c1-10-8-11(10)9-17-15(18)13-6-7-16-14-5-3-2-4-12(13)14/h2-5,10-11,13,16H,6-9H2,1H3,(H,17,18). The Labute approximate surface area is 108 Å². The first-order valence-electron chi connectivity index (χ1n) is 6.86. The van der Waals surface area contributed by atoms with E-state index in [0.29, 0.717) is 5.92 Å². The first-order chi connectivity index (χ1) is 8.75. The second-order valence-corrected chi connectivity index (χ2v) is 5.57. The van der Waals surface area contributed by atoms with Crippen molar-refractivity contribution in [2.24, 2.45) is 11.8 Å². The summed E-state index contributed by atoms with van der Waals surface area (Å²) in [6.07, 6.45) is 2.16. The zero-order chi connectivity index (χ0) is 12.5. The van der Waals surface area contributed by atoms with Gasteiger partial charge in [0.25, 0.3) is 0 Å². The highest BCUT2D eigenvalue weighted by Gasteiger charge is 2.33. The number of para-hydroxylation sites is 1. The molecule has 18 heavy (non-hydrogen) atoms. The van der Waals surface area contributed by atoms with E-state index < -0.39 is 0 Å². The molecule has 0 radical (unpaired) electrons. The lowest BCUT2D eigenvalue weighted by molar-refractivity contribution is -0.122. The topological polar surface area (TPSA) is 41.1 Å². The summed E-state index contributed by atoms with van der Waals surface area (Å²) >= 11 is 0. The Morgan fingerprint density at radius 1 is 1.44 bits per heavy atom. The molecule has 3 nitrogen and oxygen atoms in total. The number of carbonyl (C=O) groups excluding carboxylic acids is 1. The first-order valence-corrected chi connectivity index (χ1v) is 6.86. The maximum atomic E-state index is 12.3. The van der Waals surface area contributed by atoms with Crippen molar-refractivity contribution in [3.8, 4) is 0 Å². The Morgan fingerprint density at radius 2 is 2.22 bits per heavy atom. The molecule has 3 heteroatoms. The third-order valence-electron chi connectivity index (χ3n) is 4.22. The Kier molecular flexibility index (Phi) is 2.98. The van der Waals surface area contributed by atoms with Gasteiger partial charge in [-0.25, -0.2) is 0 Å². The molecular weight excluding hydrogens is 224 g/mol. The molecule has 1 aliphatic heterocycles. The van der Waals surface area contributed by atoms with Crippen LogP contribution in [0.2, 0.25) is 0 Å². The summed E-state index contributed by atoms with van der Waals surface area (Å²) in [5.74, 6) is 1.73. The van der Waals surface area contributed by atoms with E-state index in [1.807, 2.05) is 12.1 Å². The first kappa shape index (κ1) is 11.6. The van der Waals surface area contributed by atoms with E-state index in [-0.39, 0.29) is 11.8 Å². The predicted molar refractivity (Wildman–Crippen MR) is 72.6 cm³/mol. The van der Waals surface area contributed by atoms with Crippen molar-refractivity contribution in [3.63, 3.8) is 0 Å². The van der Waals surface area contributed by atoms with Gasteiger partial charge in [0.15, 0.2) is 0 Å². The smallest absolute Gasteiger partial charge is 0.227 e. The van der Waals surface area contributed by atoms with Crippen LogP contribution in [0.15, 0.2) is 24.3 Å². The number of hydrogen-bond acceptors (Lipinski definition) is 2. The second-order valence-electron chi connectivity index (χ2n) is 5.57. The summed E-state index contributed by atoms with van der Waals surface area (Å²) in [6, 6.07) is 8.14. The number of amides is 1. The van der Waals surface area contributed by atoms with Crippen LogP contribution in [0.25, 0.3) is 0 Å². The quantitative estimate of drug-likeness (QED) is 0.857. The average Bonchev–Trinajstić information content (AvgIpc) is 3.11. The van der Waals surface area contributed by atoms with Crippen LogP contribution in [0.5, 0.6) is 0 Å². The minimum absolute atomic E-state index is 0.0245. The van der Waals surface area contributed by atoms with Crippen molar-refractivity contribution in [1.29, 1.82) is 0 Å². The monoisotopic (exact) mass is 244 g/mol. The molecule has 1 fully saturated rings. The summed E-state index contributed by atoms with van der Waals surface area (Å²) in [7, 11) is 0. The number of nitrogens with one attached hydrogen (secondary N) is 2. The molecule has 0 aromatic heterocycles. The van der Waals surface area contributed by atoms with Crippen LogP contribution in [-0.4, -0.2) is 19.0 Å². The Morgan fingerprint density at radius 3 is 3.00 bits per heavy atom. The minimum Gasteiger partial charge on any atom is -0.385 e. The molecule has 3 unspecified atom stereocenters. The minimum atomic E-state index is 0.0245. The molecule has 0 saturated heterocycles. The molecule has 3 atom stereocenters. The maximum Gasteiger partial charge on any atom is 0.227 e. The van der Waals surface area contributed by atoms with Gasteiger partial charge in [-0.1, -0.05) is 25.1 Å². The van der Waals surface area contributed by atoms with E-state index in [0.717, 1.165) is 36.7 Å². The summed E-state index contributed by atoms with van der Waals surface area (Å²) < 4.78 is 0. The van der Waals surface area contributed by atoms with Crippen LogP contribution in [0.4, 0.5) is 5.69 Å². The van der Waals surface area contributed by atoms with Crippen molar-refractivity contribution in [1.82, 2.24) is 5.32 Å². The molecule has 0 spiro atoms. The molecule has 2 N–H and O–H groups in total. The van der Waals surface area contributed by atoms with E-state index in [4.69, 9.17) is 0 Å². The highest BCUT2D eigenvalue weighted by Crippen LogP contribution is 2.37. The third kappa shape index (κ3) is 2.22. The van der Waals surface area contributed by atoms with Gasteiger partial charge < -0.3 is 10.6 Å². The summed E-state index contributed by atoms with van der Waals surface area (Å²) in [5, 5.41) is 6.47. The van der Waals surface area contributed by atoms with Crippen LogP contribution >= 0.6 is 0 Å². The van der Waals surface area contributed by atoms with Crippen LogP contribution < -0.4 is 10.6 Å². The van der Waals surface area contributed by atoms with Crippen LogP contribution in [0, 0.1) is 11.8 Å². The fourth-order valence-corrected chi connectivity index (χ4v) is 2.78. The molecule has 2 aliphatic rings. The fourth-order valence-electron chi connectivity index (χ4n) is 2.78. The molecule has 1 heterocycles. The lowest BCUT2D eigenvalue weighted by Crippen LogP contribution is -2.34. The highest BCUT2D eigenvalue weighted by molar-refractivity contribution is 5.86. The van der Waals surface area contributed by atoms with Gasteiger partial charge in [-0.05, 0) is 36.3 Å². The van der Waals surface area contributed by atoms with E-state index in [1.54, 1.807) is 0 Å². The Bertz CT molecular complexity index is 458. The zero-order valence-corrected chi connectivity index (χ0v) is 10.8. The molecule has 96 valence electrons. The van der Waals surface area contributed by atoms with Crippen molar-refractivity contribution >= 4 is 11.6 Å². The van der Waals surface area contributed by atoms with Crippen molar-refractivity contribution < 1.29 is 4.79 Å². The lowest BCUT2D eigenvalue weighted by atomic mass is 9.90. The second kappa shape index (κ2) is 4.63. The van der Waals surface area contributed by atoms with E-state index >= 15 is 0 Å². The molecule has 1 aliphatic carbocycles. The van der Waals surface area contributed by atoms with Gasteiger partial charge in [-0.15, -0.1) is 0 Å². The summed E-state index contributed by atoms with van der Waals surface area (Å²) in [5.41, 5.74) is 2.26. The summed E-state index contributed by atoms with van der Waals surface area (Å²) in [4.78, 5) is 12.3. The number of fused-ring (bicyclic) bond motifs is 1. The molecular formula is C15H20N2O. The highest BCUT2D eigenvalue weighted by atomic mass is 16.1. The van der Waals surface area contributed by atoms with Gasteiger partial charge in [0.05, 0.1) is 5.92 Å². The molecule has 1 amide bonds. The van der Waals surface area contributed by atoms with Gasteiger partial charge >= 0.3 is 0 Å². The van der Waals surface area contributed by atoms with Gasteiger partial charge in [0.1, 0.15) is 0 Å². The van der Waals surface area contributed by atoms with Crippen molar-refractivity contribution in [2.45, 2.75) is 25.7 Å². The Balaban J connectivity index is 1.67.